The summed E-state index contributed by atoms with van der Waals surface area (Å²) in [5.41, 5.74) is 0. The van der Waals surface area contributed by atoms with Crippen LogP contribution in [0.3, 0.4) is 0 Å². The van der Waals surface area contributed by atoms with Crippen molar-refractivity contribution in [3.63, 3.8) is 0 Å². The molecule has 2 N–H and O–H groups in total. The molecular formula is C12H22N2O3S2. The third kappa shape index (κ3) is 4.83. The van der Waals surface area contributed by atoms with Gasteiger partial charge < -0.3 is 9.73 Å². The largest absolute Gasteiger partial charge is 0.464 e. The molecule has 19 heavy (non-hydrogen) atoms. The minimum absolute atomic E-state index is 0.105. The molecule has 0 saturated heterocycles. The maximum Gasteiger partial charge on any atom is 0.244 e. The molecule has 0 amide bonds. The van der Waals surface area contributed by atoms with E-state index in [0.717, 1.165) is 12.3 Å². The molecular weight excluding hydrogens is 284 g/mol. The Balaban J connectivity index is 2.85. The lowest BCUT2D eigenvalue weighted by atomic mass is 10.4. The van der Waals surface area contributed by atoms with E-state index in [4.69, 9.17) is 4.42 Å². The molecule has 0 spiro atoms. The molecule has 1 rings (SSSR count). The van der Waals surface area contributed by atoms with Crippen LogP contribution in [0.4, 0.5) is 0 Å². The molecule has 0 aliphatic rings. The summed E-state index contributed by atoms with van der Waals surface area (Å²) >= 11 is 1.61. The van der Waals surface area contributed by atoms with E-state index >= 15 is 0 Å². The van der Waals surface area contributed by atoms with E-state index in [-0.39, 0.29) is 10.9 Å². The fourth-order valence-electron chi connectivity index (χ4n) is 1.74. The second kappa shape index (κ2) is 7.33. The summed E-state index contributed by atoms with van der Waals surface area (Å²) in [7, 11) is -3.50. The predicted molar refractivity (Wildman–Crippen MR) is 79.0 cm³/mol. The van der Waals surface area contributed by atoms with E-state index in [1.807, 2.05) is 20.1 Å². The van der Waals surface area contributed by atoms with Crippen LogP contribution >= 0.6 is 11.8 Å². The molecule has 0 saturated carbocycles. The number of thioether (sulfide) groups is 1. The van der Waals surface area contributed by atoms with Gasteiger partial charge in [-0.25, -0.2) is 13.1 Å². The number of hydrogen-bond donors (Lipinski definition) is 2. The first-order valence-corrected chi connectivity index (χ1v) is 9.09. The highest BCUT2D eigenvalue weighted by Gasteiger charge is 2.23. The highest BCUT2D eigenvalue weighted by molar-refractivity contribution is 7.98. The Bertz CT molecular complexity index is 497. The van der Waals surface area contributed by atoms with Gasteiger partial charge in [0.05, 0.1) is 6.54 Å². The van der Waals surface area contributed by atoms with Gasteiger partial charge in [-0.15, -0.1) is 0 Å². The average molecular weight is 306 g/mol. The molecule has 0 aromatic carbocycles. The van der Waals surface area contributed by atoms with Crippen LogP contribution in [0, 0.1) is 6.92 Å². The fourth-order valence-corrected chi connectivity index (χ4v) is 3.87. The Labute approximate surface area is 119 Å². The monoisotopic (exact) mass is 306 g/mol. The SMILES string of the molecule is CCNCc1cc(S(=O)(=O)NC(C)CSC)c(C)o1. The van der Waals surface area contributed by atoms with Gasteiger partial charge in [-0.1, -0.05) is 6.92 Å². The zero-order valence-corrected chi connectivity index (χ0v) is 13.5. The number of rotatable bonds is 8. The third-order valence-electron chi connectivity index (χ3n) is 2.54. The highest BCUT2D eigenvalue weighted by Crippen LogP contribution is 2.20. The molecule has 1 aromatic rings. The lowest BCUT2D eigenvalue weighted by Gasteiger charge is -2.12. The summed E-state index contributed by atoms with van der Waals surface area (Å²) in [6.07, 6.45) is 1.95. The van der Waals surface area contributed by atoms with Crippen molar-refractivity contribution >= 4 is 21.8 Å². The second-order valence-corrected chi connectivity index (χ2v) is 6.98. The lowest BCUT2D eigenvalue weighted by Crippen LogP contribution is -2.34. The van der Waals surface area contributed by atoms with Crippen molar-refractivity contribution in [2.75, 3.05) is 18.6 Å². The van der Waals surface area contributed by atoms with E-state index in [1.54, 1.807) is 24.8 Å². The summed E-state index contributed by atoms with van der Waals surface area (Å²) in [5, 5.41) is 3.11. The normalized spacial score (nSPS) is 13.7. The summed E-state index contributed by atoms with van der Waals surface area (Å²) in [6.45, 7) is 6.85. The summed E-state index contributed by atoms with van der Waals surface area (Å²) < 4.78 is 32.6. The first kappa shape index (κ1) is 16.6. The Morgan fingerprint density at radius 2 is 2.16 bits per heavy atom. The van der Waals surface area contributed by atoms with Crippen molar-refractivity contribution in [2.24, 2.45) is 0 Å². The Kier molecular flexibility index (Phi) is 6.38. The van der Waals surface area contributed by atoms with Crippen molar-refractivity contribution < 1.29 is 12.8 Å². The van der Waals surface area contributed by atoms with Crippen LogP contribution in [0.15, 0.2) is 15.4 Å². The molecule has 1 aromatic heterocycles. The van der Waals surface area contributed by atoms with Gasteiger partial charge in [0.15, 0.2) is 0 Å². The van der Waals surface area contributed by atoms with Crippen molar-refractivity contribution in [3.05, 3.63) is 17.6 Å². The van der Waals surface area contributed by atoms with Gasteiger partial charge in [0.25, 0.3) is 0 Å². The van der Waals surface area contributed by atoms with E-state index in [1.165, 1.54) is 0 Å². The molecule has 0 aliphatic heterocycles. The van der Waals surface area contributed by atoms with E-state index in [0.29, 0.717) is 18.1 Å². The molecule has 1 heterocycles. The molecule has 0 bridgehead atoms. The van der Waals surface area contributed by atoms with Gasteiger partial charge >= 0.3 is 0 Å². The van der Waals surface area contributed by atoms with Crippen LogP contribution in [0.1, 0.15) is 25.4 Å². The lowest BCUT2D eigenvalue weighted by molar-refractivity contribution is 0.460. The molecule has 1 atom stereocenters. The van der Waals surface area contributed by atoms with Crippen LogP contribution in [0.2, 0.25) is 0 Å². The van der Waals surface area contributed by atoms with Gasteiger partial charge in [0.2, 0.25) is 10.0 Å². The average Bonchev–Trinajstić information content (AvgIpc) is 2.68. The quantitative estimate of drug-likeness (QED) is 0.765. The second-order valence-electron chi connectivity index (χ2n) is 4.39. The van der Waals surface area contributed by atoms with Crippen molar-refractivity contribution in [2.45, 2.75) is 38.3 Å². The molecule has 0 radical (unpaired) electrons. The molecule has 110 valence electrons. The predicted octanol–water partition coefficient (Wildman–Crippen LogP) is 1.73. The van der Waals surface area contributed by atoms with Crippen LogP contribution < -0.4 is 10.0 Å². The number of aryl methyl sites for hydroxylation is 1. The Morgan fingerprint density at radius 1 is 1.47 bits per heavy atom. The molecule has 5 nitrogen and oxygen atoms in total. The summed E-state index contributed by atoms with van der Waals surface area (Å²) in [5.74, 6) is 1.80. The number of sulfonamides is 1. The van der Waals surface area contributed by atoms with Crippen LogP contribution in [-0.4, -0.2) is 33.0 Å². The van der Waals surface area contributed by atoms with Crippen molar-refractivity contribution in [1.82, 2.24) is 10.0 Å². The maximum atomic E-state index is 12.2. The van der Waals surface area contributed by atoms with E-state index < -0.39 is 10.0 Å². The van der Waals surface area contributed by atoms with Crippen LogP contribution in [-0.2, 0) is 16.6 Å². The number of hydrogen-bond acceptors (Lipinski definition) is 5. The summed E-state index contributed by atoms with van der Waals surface area (Å²) in [4.78, 5) is 0.230. The fraction of sp³-hybridized carbons (Fsp3) is 0.667. The molecule has 0 fully saturated rings. The van der Waals surface area contributed by atoms with Gasteiger partial charge in [-0.3, -0.25) is 0 Å². The van der Waals surface area contributed by atoms with E-state index in [9.17, 15) is 8.42 Å². The third-order valence-corrected chi connectivity index (χ3v) is 5.07. The topological polar surface area (TPSA) is 71.3 Å². The molecule has 7 heteroatoms. The van der Waals surface area contributed by atoms with Gasteiger partial charge in [0, 0.05) is 17.9 Å². The van der Waals surface area contributed by atoms with Gasteiger partial charge in [-0.05, 0) is 26.6 Å². The Morgan fingerprint density at radius 3 is 2.74 bits per heavy atom. The number of nitrogens with one attached hydrogen (secondary N) is 2. The van der Waals surface area contributed by atoms with Gasteiger partial charge in [0.1, 0.15) is 16.4 Å². The smallest absolute Gasteiger partial charge is 0.244 e. The van der Waals surface area contributed by atoms with Crippen molar-refractivity contribution in [1.29, 1.82) is 0 Å². The Hall–Kier alpha value is -0.500. The van der Waals surface area contributed by atoms with Crippen molar-refractivity contribution in [3.8, 4) is 0 Å². The standard InChI is InChI=1S/C12H22N2O3S2/c1-5-13-7-11-6-12(10(3)17-11)19(15,16)14-9(2)8-18-4/h6,9,13-14H,5,7-8H2,1-4H3. The zero-order chi connectivity index (χ0) is 14.5. The maximum absolute atomic E-state index is 12.2. The first-order valence-electron chi connectivity index (χ1n) is 6.22. The first-order chi connectivity index (χ1) is 8.90. The van der Waals surface area contributed by atoms with Crippen LogP contribution in [0.5, 0.6) is 0 Å². The van der Waals surface area contributed by atoms with Gasteiger partial charge in [-0.2, -0.15) is 11.8 Å². The highest BCUT2D eigenvalue weighted by atomic mass is 32.2. The minimum atomic E-state index is -3.50. The van der Waals surface area contributed by atoms with E-state index in [2.05, 4.69) is 10.0 Å². The van der Waals surface area contributed by atoms with Crippen LogP contribution in [0.25, 0.3) is 0 Å². The molecule has 1 unspecified atom stereocenters. The number of furan rings is 1. The zero-order valence-electron chi connectivity index (χ0n) is 11.8. The molecule has 0 aliphatic carbocycles. The minimum Gasteiger partial charge on any atom is -0.464 e. The summed E-state index contributed by atoms with van der Waals surface area (Å²) in [6, 6.07) is 1.48.